The number of sulfonamides is 1. The van der Waals surface area contributed by atoms with Crippen LogP contribution in [0, 0.1) is 5.92 Å². The lowest BCUT2D eigenvalue weighted by molar-refractivity contribution is -0.131. The number of carbonyl (C=O) groups is 1. The molecule has 16 heavy (non-hydrogen) atoms. The standard InChI is InChI=1S/C10H20N2O3S/c1-8(2)7-16(14,15)12-6-5-11-9(13)10(12,3)4/h8H,5-7H2,1-4H3,(H,11,13). The summed E-state index contributed by atoms with van der Waals surface area (Å²) in [5.41, 5.74) is -0.980. The van der Waals surface area contributed by atoms with Crippen molar-refractivity contribution in [2.75, 3.05) is 18.8 Å². The molecule has 1 aliphatic heterocycles. The van der Waals surface area contributed by atoms with Crippen molar-refractivity contribution in [2.24, 2.45) is 5.92 Å². The van der Waals surface area contributed by atoms with Crippen molar-refractivity contribution in [1.82, 2.24) is 9.62 Å². The highest BCUT2D eigenvalue weighted by Gasteiger charge is 2.44. The van der Waals surface area contributed by atoms with Crippen molar-refractivity contribution in [1.29, 1.82) is 0 Å². The third kappa shape index (κ3) is 2.55. The third-order valence-electron chi connectivity index (χ3n) is 2.66. The average molecular weight is 248 g/mol. The Kier molecular flexibility index (Phi) is 3.64. The maximum atomic E-state index is 12.1. The highest BCUT2D eigenvalue weighted by atomic mass is 32.2. The molecule has 5 nitrogen and oxygen atoms in total. The van der Waals surface area contributed by atoms with Gasteiger partial charge < -0.3 is 5.32 Å². The van der Waals surface area contributed by atoms with Crippen LogP contribution in [-0.2, 0) is 14.8 Å². The molecule has 0 spiro atoms. The summed E-state index contributed by atoms with van der Waals surface area (Å²) < 4.78 is 25.5. The van der Waals surface area contributed by atoms with Crippen LogP contribution in [0.4, 0.5) is 0 Å². The normalized spacial score (nSPS) is 22.2. The van der Waals surface area contributed by atoms with Crippen LogP contribution in [0.5, 0.6) is 0 Å². The van der Waals surface area contributed by atoms with Crippen LogP contribution in [0.15, 0.2) is 0 Å². The number of piperazine rings is 1. The van der Waals surface area contributed by atoms with Gasteiger partial charge in [0, 0.05) is 13.1 Å². The number of hydrogen-bond donors (Lipinski definition) is 1. The molecule has 6 heteroatoms. The lowest BCUT2D eigenvalue weighted by Crippen LogP contribution is -2.63. The first-order valence-corrected chi connectivity index (χ1v) is 7.07. The van der Waals surface area contributed by atoms with Gasteiger partial charge in [0.25, 0.3) is 0 Å². The molecule has 0 radical (unpaired) electrons. The summed E-state index contributed by atoms with van der Waals surface area (Å²) >= 11 is 0. The molecule has 94 valence electrons. The number of amides is 1. The Balaban J connectivity index is 2.98. The van der Waals surface area contributed by atoms with Crippen LogP contribution in [-0.4, -0.2) is 43.0 Å². The molecular weight excluding hydrogens is 228 g/mol. The van der Waals surface area contributed by atoms with Gasteiger partial charge in [-0.25, -0.2) is 8.42 Å². The van der Waals surface area contributed by atoms with Gasteiger partial charge in [0.15, 0.2) is 0 Å². The van der Waals surface area contributed by atoms with Crippen molar-refractivity contribution in [3.63, 3.8) is 0 Å². The van der Waals surface area contributed by atoms with Gasteiger partial charge in [0.05, 0.1) is 5.75 Å². The molecular formula is C10H20N2O3S. The van der Waals surface area contributed by atoms with E-state index in [1.165, 1.54) is 4.31 Å². The lowest BCUT2D eigenvalue weighted by Gasteiger charge is -2.40. The number of rotatable bonds is 3. The zero-order valence-corrected chi connectivity index (χ0v) is 11.1. The summed E-state index contributed by atoms with van der Waals surface area (Å²) in [6, 6.07) is 0. The Labute approximate surface area is 97.2 Å². The van der Waals surface area contributed by atoms with Crippen molar-refractivity contribution in [2.45, 2.75) is 33.2 Å². The first kappa shape index (κ1) is 13.4. The first-order valence-electron chi connectivity index (χ1n) is 5.47. The second-order valence-electron chi connectivity index (χ2n) is 5.06. The predicted molar refractivity (Wildman–Crippen MR) is 62.4 cm³/mol. The highest BCUT2D eigenvalue weighted by Crippen LogP contribution is 2.22. The molecule has 0 bridgehead atoms. The average Bonchev–Trinajstić information content (AvgIpc) is 2.06. The Morgan fingerprint density at radius 1 is 1.44 bits per heavy atom. The number of nitrogens with zero attached hydrogens (tertiary/aromatic N) is 1. The van der Waals surface area contributed by atoms with Crippen molar-refractivity contribution < 1.29 is 13.2 Å². The van der Waals surface area contributed by atoms with Crippen molar-refractivity contribution >= 4 is 15.9 Å². The maximum absolute atomic E-state index is 12.1. The van der Waals surface area contributed by atoms with E-state index in [2.05, 4.69) is 5.32 Å². The van der Waals surface area contributed by atoms with Gasteiger partial charge in [0.1, 0.15) is 5.54 Å². The van der Waals surface area contributed by atoms with E-state index in [0.717, 1.165) is 0 Å². The Morgan fingerprint density at radius 2 is 2.00 bits per heavy atom. The van der Waals surface area contributed by atoms with Gasteiger partial charge in [-0.05, 0) is 19.8 Å². The monoisotopic (exact) mass is 248 g/mol. The number of nitrogens with one attached hydrogen (secondary N) is 1. The maximum Gasteiger partial charge on any atom is 0.241 e. The van der Waals surface area contributed by atoms with Gasteiger partial charge in [-0.2, -0.15) is 4.31 Å². The fraction of sp³-hybridized carbons (Fsp3) is 0.900. The van der Waals surface area contributed by atoms with E-state index in [9.17, 15) is 13.2 Å². The smallest absolute Gasteiger partial charge is 0.241 e. The molecule has 1 rings (SSSR count). The molecule has 0 unspecified atom stereocenters. The molecule has 0 atom stereocenters. The van der Waals surface area contributed by atoms with Crippen LogP contribution in [0.25, 0.3) is 0 Å². The van der Waals surface area contributed by atoms with E-state index in [-0.39, 0.29) is 17.6 Å². The summed E-state index contributed by atoms with van der Waals surface area (Å²) in [4.78, 5) is 11.6. The Morgan fingerprint density at radius 3 is 2.50 bits per heavy atom. The van der Waals surface area contributed by atoms with Crippen LogP contribution >= 0.6 is 0 Å². The van der Waals surface area contributed by atoms with E-state index in [0.29, 0.717) is 13.1 Å². The van der Waals surface area contributed by atoms with Crippen LogP contribution < -0.4 is 5.32 Å². The fourth-order valence-electron chi connectivity index (χ4n) is 1.88. The molecule has 1 aliphatic rings. The quantitative estimate of drug-likeness (QED) is 0.775. The van der Waals surface area contributed by atoms with Gasteiger partial charge >= 0.3 is 0 Å². The predicted octanol–water partition coefficient (Wildman–Crippen LogP) is 0.183. The SMILES string of the molecule is CC(C)CS(=O)(=O)N1CCNC(=O)C1(C)C. The summed E-state index contributed by atoms with van der Waals surface area (Å²) in [6.07, 6.45) is 0. The molecule has 1 amide bonds. The van der Waals surface area contributed by atoms with Crippen molar-refractivity contribution in [3.05, 3.63) is 0 Å². The van der Waals surface area contributed by atoms with E-state index in [4.69, 9.17) is 0 Å². The molecule has 0 aromatic heterocycles. The Hall–Kier alpha value is -0.620. The third-order valence-corrected chi connectivity index (χ3v) is 5.06. The summed E-state index contributed by atoms with van der Waals surface area (Å²) in [6.45, 7) is 7.73. The van der Waals surface area contributed by atoms with Crippen molar-refractivity contribution in [3.8, 4) is 0 Å². The van der Waals surface area contributed by atoms with E-state index in [1.807, 2.05) is 13.8 Å². The van der Waals surface area contributed by atoms with Crippen LogP contribution in [0.2, 0.25) is 0 Å². The molecule has 0 saturated carbocycles. The second-order valence-corrected chi connectivity index (χ2v) is 7.00. The van der Waals surface area contributed by atoms with Gasteiger partial charge in [-0.1, -0.05) is 13.8 Å². The molecule has 0 aromatic carbocycles. The number of hydrogen-bond acceptors (Lipinski definition) is 3. The minimum absolute atomic E-state index is 0.0609. The molecule has 1 heterocycles. The molecule has 1 N–H and O–H groups in total. The molecule has 0 aliphatic carbocycles. The zero-order chi connectivity index (χ0) is 12.6. The molecule has 1 saturated heterocycles. The van der Waals surface area contributed by atoms with Gasteiger partial charge in [-0.15, -0.1) is 0 Å². The largest absolute Gasteiger partial charge is 0.353 e. The van der Waals surface area contributed by atoms with Gasteiger partial charge in [0.2, 0.25) is 15.9 Å². The zero-order valence-electron chi connectivity index (χ0n) is 10.3. The Bertz CT molecular complexity index is 374. The van der Waals surface area contributed by atoms with E-state index >= 15 is 0 Å². The number of carbonyl (C=O) groups excluding carboxylic acids is 1. The van der Waals surface area contributed by atoms with E-state index < -0.39 is 15.6 Å². The topological polar surface area (TPSA) is 66.5 Å². The summed E-state index contributed by atoms with van der Waals surface area (Å²) in [7, 11) is -3.35. The van der Waals surface area contributed by atoms with Crippen LogP contribution in [0.1, 0.15) is 27.7 Å². The minimum atomic E-state index is -3.35. The first-order chi connectivity index (χ1) is 7.18. The molecule has 1 fully saturated rings. The summed E-state index contributed by atoms with van der Waals surface area (Å²) in [5.74, 6) is -0.0826. The minimum Gasteiger partial charge on any atom is -0.353 e. The van der Waals surface area contributed by atoms with E-state index in [1.54, 1.807) is 13.8 Å². The lowest BCUT2D eigenvalue weighted by atomic mass is 10.0. The second kappa shape index (κ2) is 4.33. The highest BCUT2D eigenvalue weighted by molar-refractivity contribution is 7.89. The molecule has 0 aromatic rings. The fourth-order valence-corrected chi connectivity index (χ4v) is 4.05. The van der Waals surface area contributed by atoms with Gasteiger partial charge in [-0.3, -0.25) is 4.79 Å². The summed E-state index contributed by atoms with van der Waals surface area (Å²) in [5, 5.41) is 2.68. The van der Waals surface area contributed by atoms with Crippen LogP contribution in [0.3, 0.4) is 0 Å².